The molecule has 4 heterocycles. The highest BCUT2D eigenvalue weighted by molar-refractivity contribution is 5.91. The van der Waals surface area contributed by atoms with Crippen LogP contribution in [0.4, 0.5) is 11.8 Å². The molecule has 2 aromatic rings. The van der Waals surface area contributed by atoms with Crippen LogP contribution in [0.1, 0.15) is 55.4 Å². The molecule has 1 saturated heterocycles. The Morgan fingerprint density at radius 2 is 2.00 bits per heavy atom. The molecule has 0 unspecified atom stereocenters. The average Bonchev–Trinajstić information content (AvgIpc) is 3.27. The van der Waals surface area contributed by atoms with E-state index in [1.807, 2.05) is 4.90 Å². The zero-order valence-electron chi connectivity index (χ0n) is 17.9. The summed E-state index contributed by atoms with van der Waals surface area (Å²) in [6, 6.07) is 3.77. The van der Waals surface area contributed by atoms with Gasteiger partial charge < -0.3 is 19.1 Å². The van der Waals surface area contributed by atoms with Crippen molar-refractivity contribution < 1.29 is 9.21 Å². The zero-order chi connectivity index (χ0) is 20.5. The molecule has 2 aliphatic rings. The molecule has 4 rings (SSSR count). The molecule has 0 atom stereocenters. The lowest BCUT2D eigenvalue weighted by Gasteiger charge is -2.35. The van der Waals surface area contributed by atoms with Gasteiger partial charge in [-0.05, 0) is 44.7 Å². The maximum absolute atomic E-state index is 12.8. The van der Waals surface area contributed by atoms with Gasteiger partial charge in [0.1, 0.15) is 5.82 Å². The van der Waals surface area contributed by atoms with Crippen LogP contribution in [0.25, 0.3) is 0 Å². The van der Waals surface area contributed by atoms with Gasteiger partial charge in [0.05, 0.1) is 18.5 Å². The topological polar surface area (TPSA) is 65.7 Å². The van der Waals surface area contributed by atoms with Crippen molar-refractivity contribution in [1.29, 1.82) is 0 Å². The number of rotatable bonds is 4. The van der Waals surface area contributed by atoms with E-state index in [2.05, 4.69) is 37.6 Å². The van der Waals surface area contributed by atoms with Crippen molar-refractivity contribution in [1.82, 2.24) is 14.9 Å². The first kappa shape index (κ1) is 19.7. The fourth-order valence-electron chi connectivity index (χ4n) is 4.00. The van der Waals surface area contributed by atoms with Crippen LogP contribution in [0, 0.1) is 5.92 Å². The highest BCUT2D eigenvalue weighted by atomic mass is 16.3. The molecule has 29 heavy (non-hydrogen) atoms. The third-order valence-corrected chi connectivity index (χ3v) is 6.22. The SMILES string of the molecule is CC1CCN(c2nc3c(c(N(C)C(C)C)n2)CN(C(=O)c2ccco2)CC3)CC1. The standard InChI is InChI=1S/C22H31N5O2/c1-15(2)25(4)20-17-14-27(21(28)19-6-5-13-29-19)12-9-18(17)23-22(24-20)26-10-7-16(3)8-11-26/h5-6,13,15-16H,7-12,14H2,1-4H3. The molecule has 0 aromatic carbocycles. The number of furan rings is 1. The lowest BCUT2D eigenvalue weighted by molar-refractivity contribution is 0.0701. The molecular formula is C22H31N5O2. The first-order valence-corrected chi connectivity index (χ1v) is 10.6. The molecule has 1 amide bonds. The van der Waals surface area contributed by atoms with Gasteiger partial charge >= 0.3 is 0 Å². The van der Waals surface area contributed by atoms with Gasteiger partial charge in [-0.1, -0.05) is 6.92 Å². The first-order chi connectivity index (χ1) is 13.9. The maximum atomic E-state index is 12.8. The smallest absolute Gasteiger partial charge is 0.289 e. The molecule has 1 fully saturated rings. The molecule has 7 heteroatoms. The van der Waals surface area contributed by atoms with Crippen molar-refractivity contribution in [2.24, 2.45) is 5.92 Å². The van der Waals surface area contributed by atoms with E-state index in [1.165, 1.54) is 19.1 Å². The number of hydrogen-bond acceptors (Lipinski definition) is 6. The summed E-state index contributed by atoms with van der Waals surface area (Å²) in [5.41, 5.74) is 2.13. The summed E-state index contributed by atoms with van der Waals surface area (Å²) in [6.07, 6.45) is 4.64. The van der Waals surface area contributed by atoms with Gasteiger partial charge in [-0.2, -0.15) is 4.98 Å². The van der Waals surface area contributed by atoms with E-state index >= 15 is 0 Å². The Balaban J connectivity index is 1.66. The predicted molar refractivity (Wildman–Crippen MR) is 113 cm³/mol. The Morgan fingerprint density at radius 3 is 2.66 bits per heavy atom. The Labute approximate surface area is 172 Å². The second-order valence-electron chi connectivity index (χ2n) is 8.60. The molecule has 156 valence electrons. The van der Waals surface area contributed by atoms with Gasteiger partial charge in [0.25, 0.3) is 5.91 Å². The molecule has 0 spiro atoms. The Morgan fingerprint density at radius 1 is 1.24 bits per heavy atom. The minimum Gasteiger partial charge on any atom is -0.459 e. The normalized spacial score (nSPS) is 17.6. The molecule has 0 N–H and O–H groups in total. The van der Waals surface area contributed by atoms with Crippen molar-refractivity contribution >= 4 is 17.7 Å². The minimum absolute atomic E-state index is 0.0760. The Bertz CT molecular complexity index is 856. The van der Waals surface area contributed by atoms with Crippen LogP contribution in [0.3, 0.4) is 0 Å². The van der Waals surface area contributed by atoms with Gasteiger partial charge in [-0.25, -0.2) is 4.98 Å². The largest absolute Gasteiger partial charge is 0.459 e. The molecule has 0 bridgehead atoms. The van der Waals surface area contributed by atoms with Crippen LogP contribution >= 0.6 is 0 Å². The highest BCUT2D eigenvalue weighted by Crippen LogP contribution is 2.31. The van der Waals surface area contributed by atoms with Crippen molar-refractivity contribution in [3.8, 4) is 0 Å². The van der Waals surface area contributed by atoms with E-state index in [-0.39, 0.29) is 5.91 Å². The van der Waals surface area contributed by atoms with E-state index in [9.17, 15) is 4.79 Å². The second kappa shape index (κ2) is 8.05. The molecule has 2 aromatic heterocycles. The molecule has 0 radical (unpaired) electrons. The number of aromatic nitrogens is 2. The lowest BCUT2D eigenvalue weighted by Crippen LogP contribution is -2.40. The van der Waals surface area contributed by atoms with Crippen LogP contribution in [0.15, 0.2) is 22.8 Å². The van der Waals surface area contributed by atoms with Crippen LogP contribution < -0.4 is 9.80 Å². The average molecular weight is 398 g/mol. The molecule has 0 aliphatic carbocycles. The fourth-order valence-corrected chi connectivity index (χ4v) is 4.00. The molecule has 7 nitrogen and oxygen atoms in total. The van der Waals surface area contributed by atoms with E-state index in [4.69, 9.17) is 14.4 Å². The van der Waals surface area contributed by atoms with E-state index < -0.39 is 0 Å². The van der Waals surface area contributed by atoms with Gasteiger partial charge in [0, 0.05) is 44.7 Å². The van der Waals surface area contributed by atoms with Crippen molar-refractivity contribution in [3.05, 3.63) is 35.4 Å². The summed E-state index contributed by atoms with van der Waals surface area (Å²) in [6.45, 7) is 9.80. The summed E-state index contributed by atoms with van der Waals surface area (Å²) in [7, 11) is 2.07. The summed E-state index contributed by atoms with van der Waals surface area (Å²) < 4.78 is 5.32. The quantitative estimate of drug-likeness (QED) is 0.788. The maximum Gasteiger partial charge on any atom is 0.289 e. The lowest BCUT2D eigenvalue weighted by atomic mass is 9.99. The van der Waals surface area contributed by atoms with Crippen LogP contribution in [-0.2, 0) is 13.0 Å². The first-order valence-electron chi connectivity index (χ1n) is 10.6. The third-order valence-electron chi connectivity index (χ3n) is 6.22. The summed E-state index contributed by atoms with van der Waals surface area (Å²) in [5, 5.41) is 0. The molecule has 0 saturated carbocycles. The number of piperidine rings is 1. The van der Waals surface area contributed by atoms with Crippen molar-refractivity contribution in [2.45, 2.75) is 52.6 Å². The van der Waals surface area contributed by atoms with E-state index in [1.54, 1.807) is 12.1 Å². The molecular weight excluding hydrogens is 366 g/mol. The monoisotopic (exact) mass is 397 g/mol. The number of anilines is 2. The van der Waals surface area contributed by atoms with Gasteiger partial charge in [-0.15, -0.1) is 0 Å². The van der Waals surface area contributed by atoms with Crippen LogP contribution in [0.5, 0.6) is 0 Å². The number of carbonyl (C=O) groups is 1. The highest BCUT2D eigenvalue weighted by Gasteiger charge is 2.30. The van der Waals surface area contributed by atoms with Crippen LogP contribution in [-0.4, -0.2) is 53.5 Å². The number of nitrogens with zero attached hydrogens (tertiary/aromatic N) is 5. The van der Waals surface area contributed by atoms with Crippen molar-refractivity contribution in [3.63, 3.8) is 0 Å². The fraction of sp³-hybridized carbons (Fsp3) is 0.591. The van der Waals surface area contributed by atoms with Crippen molar-refractivity contribution in [2.75, 3.05) is 36.5 Å². The third kappa shape index (κ3) is 3.95. The number of hydrogen-bond donors (Lipinski definition) is 0. The number of fused-ring (bicyclic) bond motifs is 1. The second-order valence-corrected chi connectivity index (χ2v) is 8.60. The number of carbonyl (C=O) groups excluding carboxylic acids is 1. The zero-order valence-corrected chi connectivity index (χ0v) is 17.9. The van der Waals surface area contributed by atoms with E-state index in [0.29, 0.717) is 24.9 Å². The minimum atomic E-state index is -0.0760. The van der Waals surface area contributed by atoms with Gasteiger partial charge in [-0.3, -0.25) is 4.79 Å². The van der Waals surface area contributed by atoms with Gasteiger partial charge in [0.15, 0.2) is 5.76 Å². The Kier molecular flexibility index (Phi) is 5.48. The molecule has 2 aliphatic heterocycles. The van der Waals surface area contributed by atoms with Gasteiger partial charge in [0.2, 0.25) is 5.95 Å². The number of amides is 1. The summed E-state index contributed by atoms with van der Waals surface area (Å²) >= 11 is 0. The Hall–Kier alpha value is -2.57. The van der Waals surface area contributed by atoms with E-state index in [0.717, 1.165) is 48.5 Å². The van der Waals surface area contributed by atoms with Crippen LogP contribution in [0.2, 0.25) is 0 Å². The summed E-state index contributed by atoms with van der Waals surface area (Å²) in [4.78, 5) is 29.1. The predicted octanol–water partition coefficient (Wildman–Crippen LogP) is 3.35. The summed E-state index contributed by atoms with van der Waals surface area (Å²) in [5.74, 6) is 2.85.